The summed E-state index contributed by atoms with van der Waals surface area (Å²) in [5, 5.41) is 2.71. The van der Waals surface area contributed by atoms with Gasteiger partial charge in [0, 0.05) is 25.2 Å². The van der Waals surface area contributed by atoms with Gasteiger partial charge in [0.2, 0.25) is 15.9 Å². The number of carbonyl (C=O) groups excluding carboxylic acids is 3. The number of nitrogens with one attached hydrogen (secondary N) is 2. The van der Waals surface area contributed by atoms with Gasteiger partial charge >= 0.3 is 0 Å². The van der Waals surface area contributed by atoms with E-state index in [-0.39, 0.29) is 31.3 Å². The zero-order valence-electron chi connectivity index (χ0n) is 16.1. The first kappa shape index (κ1) is 20.5. The van der Waals surface area contributed by atoms with Crippen LogP contribution in [-0.2, 0) is 21.4 Å². The van der Waals surface area contributed by atoms with E-state index in [1.807, 2.05) is 6.92 Å². The zero-order chi connectivity index (χ0) is 21.2. The van der Waals surface area contributed by atoms with Gasteiger partial charge < -0.3 is 5.32 Å². The summed E-state index contributed by atoms with van der Waals surface area (Å²) in [6, 6.07) is 11.7. The van der Waals surface area contributed by atoms with Crippen LogP contribution in [-0.4, -0.2) is 43.8 Å². The maximum atomic E-state index is 12.4. The van der Waals surface area contributed by atoms with Crippen LogP contribution in [0.4, 0.5) is 5.69 Å². The topological polar surface area (TPSA) is 113 Å². The summed E-state index contributed by atoms with van der Waals surface area (Å²) >= 11 is 0. The van der Waals surface area contributed by atoms with Crippen molar-refractivity contribution in [3.05, 3.63) is 64.7 Å². The molecule has 0 saturated carbocycles. The largest absolute Gasteiger partial charge is 0.352 e. The molecule has 0 spiro atoms. The molecule has 2 aromatic rings. The monoisotopic (exact) mass is 415 g/mol. The van der Waals surface area contributed by atoms with E-state index >= 15 is 0 Å². The summed E-state index contributed by atoms with van der Waals surface area (Å²) in [5.41, 5.74) is 2.72. The Hall–Kier alpha value is -3.20. The van der Waals surface area contributed by atoms with Crippen molar-refractivity contribution in [2.24, 2.45) is 0 Å². The van der Waals surface area contributed by atoms with Crippen LogP contribution < -0.4 is 10.0 Å². The average molecular weight is 415 g/mol. The van der Waals surface area contributed by atoms with Crippen LogP contribution in [0.3, 0.4) is 0 Å². The van der Waals surface area contributed by atoms with E-state index in [9.17, 15) is 22.8 Å². The molecule has 29 heavy (non-hydrogen) atoms. The van der Waals surface area contributed by atoms with Crippen LogP contribution in [0.15, 0.2) is 42.5 Å². The molecule has 0 bridgehead atoms. The Balaban J connectivity index is 1.54. The third-order valence-electron chi connectivity index (χ3n) is 4.41. The van der Waals surface area contributed by atoms with Crippen LogP contribution in [0.1, 0.15) is 38.3 Å². The fourth-order valence-electron chi connectivity index (χ4n) is 3.07. The molecule has 0 fully saturated rings. The van der Waals surface area contributed by atoms with Crippen LogP contribution in [0.25, 0.3) is 0 Å². The van der Waals surface area contributed by atoms with Gasteiger partial charge in [-0.1, -0.05) is 23.8 Å². The number of sulfonamides is 1. The number of fused-ring (bicyclic) bond motifs is 1. The smallest absolute Gasteiger partial charge is 0.261 e. The number of imide groups is 1. The van der Waals surface area contributed by atoms with Gasteiger partial charge in [-0.3, -0.25) is 24.0 Å². The zero-order valence-corrected chi connectivity index (χ0v) is 16.9. The van der Waals surface area contributed by atoms with Crippen molar-refractivity contribution in [1.82, 2.24) is 10.2 Å². The van der Waals surface area contributed by atoms with Gasteiger partial charge in [-0.05, 0) is 36.8 Å². The number of amides is 3. The highest BCUT2D eigenvalue weighted by molar-refractivity contribution is 7.92. The lowest BCUT2D eigenvalue weighted by molar-refractivity contribution is -0.121. The molecule has 8 nitrogen and oxygen atoms in total. The first-order valence-electron chi connectivity index (χ1n) is 8.94. The van der Waals surface area contributed by atoms with E-state index in [0.29, 0.717) is 22.4 Å². The predicted octanol–water partition coefficient (Wildman–Crippen LogP) is 1.67. The van der Waals surface area contributed by atoms with Gasteiger partial charge in [0.1, 0.15) is 0 Å². The SMILES string of the molecule is Cc1ccc2c(c1)C(=O)N(CCC(=O)NCc1cccc(NS(C)(=O)=O)c1)C2=O. The molecule has 1 aliphatic rings. The Morgan fingerprint density at radius 3 is 2.48 bits per heavy atom. The second-order valence-corrected chi connectivity index (χ2v) is 8.66. The highest BCUT2D eigenvalue weighted by Crippen LogP contribution is 2.24. The highest BCUT2D eigenvalue weighted by atomic mass is 32.2. The molecular weight excluding hydrogens is 394 g/mol. The van der Waals surface area contributed by atoms with Crippen molar-refractivity contribution >= 4 is 33.4 Å². The molecule has 1 aliphatic heterocycles. The van der Waals surface area contributed by atoms with Crippen LogP contribution >= 0.6 is 0 Å². The van der Waals surface area contributed by atoms with Crippen molar-refractivity contribution < 1.29 is 22.8 Å². The summed E-state index contributed by atoms with van der Waals surface area (Å²) < 4.78 is 25.0. The number of benzene rings is 2. The summed E-state index contributed by atoms with van der Waals surface area (Å²) in [6.45, 7) is 2.03. The molecule has 3 amide bonds. The lowest BCUT2D eigenvalue weighted by atomic mass is 10.1. The van der Waals surface area contributed by atoms with E-state index in [0.717, 1.165) is 16.7 Å². The number of hydrogen-bond donors (Lipinski definition) is 2. The quantitative estimate of drug-likeness (QED) is 0.668. The summed E-state index contributed by atoms with van der Waals surface area (Å²) in [7, 11) is -3.39. The molecule has 2 aromatic carbocycles. The van der Waals surface area contributed by atoms with Crippen molar-refractivity contribution in [2.75, 3.05) is 17.5 Å². The van der Waals surface area contributed by atoms with Gasteiger partial charge in [-0.15, -0.1) is 0 Å². The summed E-state index contributed by atoms with van der Waals surface area (Å²) in [5.74, 6) is -1.10. The van der Waals surface area contributed by atoms with Gasteiger partial charge in [0.25, 0.3) is 11.8 Å². The number of carbonyl (C=O) groups is 3. The van der Waals surface area contributed by atoms with Gasteiger partial charge in [-0.2, -0.15) is 0 Å². The lowest BCUT2D eigenvalue weighted by Gasteiger charge is -2.13. The molecule has 1 heterocycles. The molecule has 0 radical (unpaired) electrons. The van der Waals surface area contributed by atoms with Crippen molar-refractivity contribution in [1.29, 1.82) is 0 Å². The summed E-state index contributed by atoms with van der Waals surface area (Å²) in [6.07, 6.45) is 1.04. The number of aryl methyl sites for hydroxylation is 1. The lowest BCUT2D eigenvalue weighted by Crippen LogP contribution is -2.34. The van der Waals surface area contributed by atoms with Crippen LogP contribution in [0, 0.1) is 6.92 Å². The molecule has 9 heteroatoms. The fourth-order valence-corrected chi connectivity index (χ4v) is 3.62. The highest BCUT2D eigenvalue weighted by Gasteiger charge is 2.35. The second kappa shape index (κ2) is 8.04. The number of anilines is 1. The number of rotatable bonds is 7. The minimum Gasteiger partial charge on any atom is -0.352 e. The predicted molar refractivity (Wildman–Crippen MR) is 108 cm³/mol. The van der Waals surface area contributed by atoms with Crippen LogP contribution in [0.5, 0.6) is 0 Å². The molecule has 0 aliphatic carbocycles. The Labute approximate surface area is 169 Å². The van der Waals surface area contributed by atoms with Gasteiger partial charge in [0.05, 0.1) is 17.4 Å². The van der Waals surface area contributed by atoms with Gasteiger partial charge in [0.15, 0.2) is 0 Å². The van der Waals surface area contributed by atoms with E-state index in [1.165, 1.54) is 0 Å². The maximum absolute atomic E-state index is 12.4. The van der Waals surface area contributed by atoms with Crippen molar-refractivity contribution in [3.63, 3.8) is 0 Å². The normalized spacial score (nSPS) is 13.4. The second-order valence-electron chi connectivity index (χ2n) is 6.91. The van der Waals surface area contributed by atoms with E-state index < -0.39 is 15.9 Å². The maximum Gasteiger partial charge on any atom is 0.261 e. The minimum absolute atomic E-state index is 0.00704. The molecule has 2 N–H and O–H groups in total. The van der Waals surface area contributed by atoms with Crippen molar-refractivity contribution in [2.45, 2.75) is 19.9 Å². The Kier molecular flexibility index (Phi) is 5.69. The van der Waals surface area contributed by atoms with Crippen LogP contribution in [0.2, 0.25) is 0 Å². The minimum atomic E-state index is -3.39. The molecule has 3 rings (SSSR count). The standard InChI is InChI=1S/C20H21N3O5S/c1-13-6-7-16-17(10-13)20(26)23(19(16)25)9-8-18(24)21-12-14-4-3-5-15(11-14)22-29(2,27)28/h3-7,10-11,22H,8-9,12H2,1-2H3,(H,21,24). The Bertz CT molecular complexity index is 1100. The number of nitrogens with zero attached hydrogens (tertiary/aromatic N) is 1. The molecule has 0 unspecified atom stereocenters. The Morgan fingerprint density at radius 2 is 1.76 bits per heavy atom. The molecule has 0 aromatic heterocycles. The Morgan fingerprint density at radius 1 is 1.03 bits per heavy atom. The third kappa shape index (κ3) is 5.00. The van der Waals surface area contributed by atoms with E-state index in [1.54, 1.807) is 42.5 Å². The number of hydrogen-bond acceptors (Lipinski definition) is 5. The summed E-state index contributed by atoms with van der Waals surface area (Å²) in [4.78, 5) is 38.0. The third-order valence-corrected chi connectivity index (χ3v) is 5.02. The average Bonchev–Trinajstić information content (AvgIpc) is 2.87. The molecule has 152 valence electrons. The van der Waals surface area contributed by atoms with Gasteiger partial charge in [-0.25, -0.2) is 8.42 Å². The molecule has 0 atom stereocenters. The molecule has 0 saturated heterocycles. The fraction of sp³-hybridized carbons (Fsp3) is 0.250. The first-order chi connectivity index (χ1) is 13.6. The van der Waals surface area contributed by atoms with E-state index in [4.69, 9.17) is 0 Å². The van der Waals surface area contributed by atoms with Crippen molar-refractivity contribution in [3.8, 4) is 0 Å². The first-order valence-corrected chi connectivity index (χ1v) is 10.8. The molecular formula is C20H21N3O5S. The van der Waals surface area contributed by atoms with E-state index in [2.05, 4.69) is 10.0 Å².